The average molecular weight is 609 g/mol. The van der Waals surface area contributed by atoms with Crippen molar-refractivity contribution in [1.29, 1.82) is 0 Å². The van der Waals surface area contributed by atoms with E-state index in [4.69, 9.17) is 24.4 Å². The van der Waals surface area contributed by atoms with Crippen LogP contribution < -0.4 is 0 Å². The van der Waals surface area contributed by atoms with Gasteiger partial charge in [-0.25, -0.2) is 19.9 Å². The molecule has 0 unspecified atom stereocenters. The highest BCUT2D eigenvalue weighted by molar-refractivity contribution is 7.26. The highest BCUT2D eigenvalue weighted by atomic mass is 32.1. The third-order valence-corrected chi connectivity index (χ3v) is 9.41. The average Bonchev–Trinajstić information content (AvgIpc) is 3.74. The van der Waals surface area contributed by atoms with Gasteiger partial charge in [0.05, 0.1) is 5.56 Å². The molecule has 0 saturated carbocycles. The number of thiophene rings is 1. The second-order valence-electron chi connectivity index (χ2n) is 11.1. The molecule has 0 atom stereocenters. The van der Waals surface area contributed by atoms with Crippen LogP contribution in [0.3, 0.4) is 0 Å². The van der Waals surface area contributed by atoms with Crippen LogP contribution in [0.1, 0.15) is 0 Å². The molecule has 0 saturated heterocycles. The fourth-order valence-corrected chi connectivity index (χ4v) is 7.21. The normalized spacial score (nSPS) is 11.5. The molecular formula is C40H24N4OS. The van der Waals surface area contributed by atoms with Gasteiger partial charge in [-0.3, -0.25) is 0 Å². The summed E-state index contributed by atoms with van der Waals surface area (Å²) in [7, 11) is 0. The minimum atomic E-state index is 0.618. The van der Waals surface area contributed by atoms with E-state index in [0.717, 1.165) is 59.1 Å². The smallest absolute Gasteiger partial charge is 0.228 e. The maximum absolute atomic E-state index is 6.20. The molecule has 216 valence electrons. The molecule has 6 heteroatoms. The molecule has 6 aromatic carbocycles. The standard InChI is InChI=1S/C40H24N4OS/c1-3-11-25(12-4-1)26-21-23-28(24-22-26)38-42-37(27-13-5-2-6-14-27)43-39(44-38)30-16-10-20-34-35(30)29-15-9-17-31(36(29)46-34)40-41-32-18-7-8-19-33(32)45-40/h1-24H. The Bertz CT molecular complexity index is 2490. The van der Waals surface area contributed by atoms with Gasteiger partial charge in [0.1, 0.15) is 5.52 Å². The number of oxazole rings is 1. The van der Waals surface area contributed by atoms with E-state index in [1.165, 1.54) is 5.56 Å². The van der Waals surface area contributed by atoms with Gasteiger partial charge in [0.2, 0.25) is 5.89 Å². The van der Waals surface area contributed by atoms with Gasteiger partial charge in [0.15, 0.2) is 23.1 Å². The number of hydrogen-bond acceptors (Lipinski definition) is 6. The number of aromatic nitrogens is 4. The Kier molecular flexibility index (Phi) is 6.25. The van der Waals surface area contributed by atoms with Crippen LogP contribution in [0.2, 0.25) is 0 Å². The summed E-state index contributed by atoms with van der Waals surface area (Å²) in [6, 6.07) is 49.4. The molecule has 0 aliphatic heterocycles. The summed E-state index contributed by atoms with van der Waals surface area (Å²) >= 11 is 1.73. The first kappa shape index (κ1) is 26.4. The Morgan fingerprint density at radius 2 is 1.02 bits per heavy atom. The van der Waals surface area contributed by atoms with Crippen molar-refractivity contribution in [2.24, 2.45) is 0 Å². The van der Waals surface area contributed by atoms with Gasteiger partial charge in [-0.15, -0.1) is 11.3 Å². The third-order valence-electron chi connectivity index (χ3n) is 8.21. The summed E-state index contributed by atoms with van der Waals surface area (Å²) in [5.74, 6) is 2.52. The number of para-hydroxylation sites is 2. The first-order chi connectivity index (χ1) is 22.8. The molecule has 0 aliphatic carbocycles. The monoisotopic (exact) mass is 608 g/mol. The summed E-state index contributed by atoms with van der Waals surface area (Å²) in [5, 5.41) is 2.22. The van der Waals surface area contributed by atoms with E-state index in [0.29, 0.717) is 23.4 Å². The highest BCUT2D eigenvalue weighted by Gasteiger charge is 2.20. The van der Waals surface area contributed by atoms with E-state index in [-0.39, 0.29) is 0 Å². The summed E-state index contributed by atoms with van der Waals surface area (Å²) in [5.41, 5.74) is 7.74. The topological polar surface area (TPSA) is 64.7 Å². The third kappa shape index (κ3) is 4.55. The fourth-order valence-electron chi connectivity index (χ4n) is 5.97. The quantitative estimate of drug-likeness (QED) is 0.194. The zero-order valence-electron chi connectivity index (χ0n) is 24.5. The minimum Gasteiger partial charge on any atom is -0.436 e. The van der Waals surface area contributed by atoms with Gasteiger partial charge in [0, 0.05) is 36.9 Å². The molecule has 3 aromatic heterocycles. The number of benzene rings is 6. The first-order valence-corrected chi connectivity index (χ1v) is 15.9. The second-order valence-corrected chi connectivity index (χ2v) is 12.1. The lowest BCUT2D eigenvalue weighted by molar-refractivity contribution is 0.621. The number of nitrogens with zero attached hydrogens (tertiary/aromatic N) is 4. The number of rotatable bonds is 5. The lowest BCUT2D eigenvalue weighted by Crippen LogP contribution is -2.00. The lowest BCUT2D eigenvalue weighted by Gasteiger charge is -2.10. The Balaban J connectivity index is 1.23. The van der Waals surface area contributed by atoms with Crippen molar-refractivity contribution in [3.63, 3.8) is 0 Å². The molecule has 0 N–H and O–H groups in total. The van der Waals surface area contributed by atoms with Gasteiger partial charge in [-0.1, -0.05) is 121 Å². The van der Waals surface area contributed by atoms with Crippen LogP contribution in [-0.2, 0) is 0 Å². The minimum absolute atomic E-state index is 0.618. The van der Waals surface area contributed by atoms with Gasteiger partial charge in [-0.2, -0.15) is 0 Å². The molecule has 0 spiro atoms. The van der Waals surface area contributed by atoms with Crippen LogP contribution in [0, 0.1) is 0 Å². The van der Waals surface area contributed by atoms with Gasteiger partial charge >= 0.3 is 0 Å². The van der Waals surface area contributed by atoms with Crippen molar-refractivity contribution in [2.75, 3.05) is 0 Å². The van der Waals surface area contributed by atoms with Gasteiger partial charge in [-0.05, 0) is 35.4 Å². The molecule has 3 heterocycles. The summed E-state index contributed by atoms with van der Waals surface area (Å²) in [4.78, 5) is 19.9. The Morgan fingerprint density at radius 3 is 1.78 bits per heavy atom. The molecule has 0 radical (unpaired) electrons. The molecule has 0 fully saturated rings. The second kappa shape index (κ2) is 10.9. The van der Waals surface area contributed by atoms with E-state index >= 15 is 0 Å². The van der Waals surface area contributed by atoms with Crippen molar-refractivity contribution in [3.8, 4) is 56.7 Å². The van der Waals surface area contributed by atoms with Crippen molar-refractivity contribution in [1.82, 2.24) is 19.9 Å². The molecule has 0 bridgehead atoms. The first-order valence-electron chi connectivity index (χ1n) is 15.1. The maximum Gasteiger partial charge on any atom is 0.228 e. The van der Waals surface area contributed by atoms with E-state index in [1.807, 2.05) is 60.7 Å². The molecule has 0 aliphatic rings. The summed E-state index contributed by atoms with van der Waals surface area (Å²) < 4.78 is 8.46. The maximum atomic E-state index is 6.20. The zero-order valence-corrected chi connectivity index (χ0v) is 25.3. The van der Waals surface area contributed by atoms with Crippen LogP contribution in [0.4, 0.5) is 0 Å². The van der Waals surface area contributed by atoms with Crippen LogP contribution in [0.15, 0.2) is 150 Å². The Labute approximate surface area is 268 Å². The molecule has 5 nitrogen and oxygen atoms in total. The van der Waals surface area contributed by atoms with E-state index in [9.17, 15) is 0 Å². The van der Waals surface area contributed by atoms with E-state index in [1.54, 1.807) is 11.3 Å². The molecular weight excluding hydrogens is 585 g/mol. The molecule has 9 rings (SSSR count). The largest absolute Gasteiger partial charge is 0.436 e. The van der Waals surface area contributed by atoms with Crippen molar-refractivity contribution in [2.45, 2.75) is 0 Å². The molecule has 0 amide bonds. The van der Waals surface area contributed by atoms with Crippen molar-refractivity contribution in [3.05, 3.63) is 146 Å². The number of fused-ring (bicyclic) bond motifs is 4. The summed E-state index contributed by atoms with van der Waals surface area (Å²) in [6.07, 6.45) is 0. The van der Waals surface area contributed by atoms with Gasteiger partial charge < -0.3 is 4.42 Å². The SMILES string of the molecule is c1ccc(-c2ccc(-c3nc(-c4ccccc4)nc(-c4cccc5sc6c(-c7nc8ccccc8o7)cccc6c45)n3)cc2)cc1. The van der Waals surface area contributed by atoms with Crippen molar-refractivity contribution >= 4 is 42.6 Å². The highest BCUT2D eigenvalue weighted by Crippen LogP contribution is 2.43. The van der Waals surface area contributed by atoms with Crippen LogP contribution >= 0.6 is 11.3 Å². The molecule has 46 heavy (non-hydrogen) atoms. The number of hydrogen-bond donors (Lipinski definition) is 0. The predicted molar refractivity (Wildman–Crippen MR) is 187 cm³/mol. The predicted octanol–water partition coefficient (Wildman–Crippen LogP) is 10.7. The van der Waals surface area contributed by atoms with E-state index < -0.39 is 0 Å². The van der Waals surface area contributed by atoms with Gasteiger partial charge in [0.25, 0.3) is 0 Å². The summed E-state index contributed by atoms with van der Waals surface area (Å²) in [6.45, 7) is 0. The van der Waals surface area contributed by atoms with Crippen molar-refractivity contribution < 1.29 is 4.42 Å². The van der Waals surface area contributed by atoms with Crippen LogP contribution in [0.25, 0.3) is 88.0 Å². The fraction of sp³-hybridized carbons (Fsp3) is 0. The molecule has 9 aromatic rings. The lowest BCUT2D eigenvalue weighted by atomic mass is 10.0. The van der Waals surface area contributed by atoms with Crippen LogP contribution in [0.5, 0.6) is 0 Å². The van der Waals surface area contributed by atoms with E-state index in [2.05, 4.69) is 84.9 Å². The van der Waals surface area contributed by atoms with Crippen LogP contribution in [-0.4, -0.2) is 19.9 Å². The zero-order chi connectivity index (χ0) is 30.5. The Hall–Kier alpha value is -5.98. The Morgan fingerprint density at radius 1 is 0.435 bits per heavy atom.